The number of amides is 1. The van der Waals surface area contributed by atoms with Crippen LogP contribution in [-0.4, -0.2) is 37.5 Å². The van der Waals surface area contributed by atoms with Gasteiger partial charge in [-0.15, -0.1) is 12.4 Å². The van der Waals surface area contributed by atoms with Gasteiger partial charge in [0.2, 0.25) is 5.91 Å². The highest BCUT2D eigenvalue weighted by Gasteiger charge is 2.37. The van der Waals surface area contributed by atoms with Crippen molar-refractivity contribution in [2.75, 3.05) is 26.7 Å². The van der Waals surface area contributed by atoms with Gasteiger partial charge in [-0.1, -0.05) is 25.7 Å². The second-order valence-electron chi connectivity index (χ2n) is 7.66. The van der Waals surface area contributed by atoms with E-state index >= 15 is 0 Å². The van der Waals surface area contributed by atoms with E-state index in [9.17, 15) is 4.79 Å². The second kappa shape index (κ2) is 8.54. The van der Waals surface area contributed by atoms with Crippen LogP contribution in [0.3, 0.4) is 0 Å². The van der Waals surface area contributed by atoms with Crippen LogP contribution in [0.5, 0.6) is 0 Å². The van der Waals surface area contributed by atoms with Gasteiger partial charge in [-0.05, 0) is 63.5 Å². The number of hydrogen-bond donors (Lipinski definition) is 1. The summed E-state index contributed by atoms with van der Waals surface area (Å²) in [6.07, 6.45) is 11.8. The fourth-order valence-electron chi connectivity index (χ4n) is 5.08. The van der Waals surface area contributed by atoms with Crippen molar-refractivity contribution in [2.45, 2.75) is 57.8 Å². The molecular formula is C18H33ClN2O. The van der Waals surface area contributed by atoms with Gasteiger partial charge in [0.25, 0.3) is 0 Å². The minimum Gasteiger partial charge on any atom is -0.342 e. The first-order chi connectivity index (χ1) is 10.3. The predicted molar refractivity (Wildman–Crippen MR) is 93.3 cm³/mol. The third-order valence-corrected chi connectivity index (χ3v) is 6.21. The fourth-order valence-corrected chi connectivity index (χ4v) is 5.08. The quantitative estimate of drug-likeness (QED) is 0.860. The van der Waals surface area contributed by atoms with Gasteiger partial charge in [0.15, 0.2) is 0 Å². The summed E-state index contributed by atoms with van der Waals surface area (Å²) in [6, 6.07) is 0. The van der Waals surface area contributed by atoms with Crippen molar-refractivity contribution in [3.8, 4) is 0 Å². The van der Waals surface area contributed by atoms with Gasteiger partial charge in [-0.2, -0.15) is 0 Å². The summed E-state index contributed by atoms with van der Waals surface area (Å²) in [7, 11) is 2.02. The van der Waals surface area contributed by atoms with Crippen LogP contribution in [-0.2, 0) is 4.79 Å². The molecule has 1 amide bonds. The minimum atomic E-state index is 0. The highest BCUT2D eigenvalue weighted by Crippen LogP contribution is 2.43. The molecule has 2 aliphatic carbocycles. The highest BCUT2D eigenvalue weighted by molar-refractivity contribution is 5.85. The summed E-state index contributed by atoms with van der Waals surface area (Å²) < 4.78 is 0. The SMILES string of the molecule is CNCC1CCCN(C(=O)C2CCC3CCCCC3C2)C1.Cl. The van der Waals surface area contributed by atoms with Gasteiger partial charge >= 0.3 is 0 Å². The zero-order chi connectivity index (χ0) is 14.7. The number of nitrogens with one attached hydrogen (secondary N) is 1. The largest absolute Gasteiger partial charge is 0.342 e. The smallest absolute Gasteiger partial charge is 0.225 e. The molecule has 4 heteroatoms. The van der Waals surface area contributed by atoms with Crippen molar-refractivity contribution in [3.63, 3.8) is 0 Å². The van der Waals surface area contributed by atoms with Crippen LogP contribution >= 0.6 is 12.4 Å². The van der Waals surface area contributed by atoms with E-state index in [1.165, 1.54) is 51.4 Å². The van der Waals surface area contributed by atoms with E-state index in [1.54, 1.807) is 0 Å². The van der Waals surface area contributed by atoms with Crippen LogP contribution in [0.1, 0.15) is 57.8 Å². The Morgan fingerprint density at radius 2 is 1.82 bits per heavy atom. The standard InChI is InChI=1S/C18H32N2O.ClH/c1-19-12-14-5-4-10-20(13-14)18(21)17-9-8-15-6-2-3-7-16(15)11-17;/h14-17,19H,2-13H2,1H3;1H. The van der Waals surface area contributed by atoms with Gasteiger partial charge < -0.3 is 10.2 Å². The van der Waals surface area contributed by atoms with Gasteiger partial charge in [0.05, 0.1) is 0 Å². The Morgan fingerprint density at radius 3 is 2.59 bits per heavy atom. The Morgan fingerprint density at radius 1 is 1.05 bits per heavy atom. The van der Waals surface area contributed by atoms with Crippen molar-refractivity contribution in [2.24, 2.45) is 23.7 Å². The molecule has 0 bridgehead atoms. The van der Waals surface area contributed by atoms with Crippen LogP contribution in [0, 0.1) is 23.7 Å². The summed E-state index contributed by atoms with van der Waals surface area (Å²) in [4.78, 5) is 15.1. The van der Waals surface area contributed by atoms with Crippen molar-refractivity contribution in [3.05, 3.63) is 0 Å². The maximum atomic E-state index is 12.9. The molecule has 0 aromatic rings. The van der Waals surface area contributed by atoms with E-state index < -0.39 is 0 Å². The predicted octanol–water partition coefficient (Wildman–Crippen LogP) is 3.47. The molecule has 1 saturated heterocycles. The molecule has 4 unspecified atom stereocenters. The lowest BCUT2D eigenvalue weighted by molar-refractivity contribution is -0.139. The number of likely N-dealkylation sites (tertiary alicyclic amines) is 1. The lowest BCUT2D eigenvalue weighted by Crippen LogP contribution is -2.46. The minimum absolute atomic E-state index is 0. The molecule has 1 aliphatic heterocycles. The van der Waals surface area contributed by atoms with Crippen LogP contribution in [0.4, 0.5) is 0 Å². The van der Waals surface area contributed by atoms with E-state index in [2.05, 4.69) is 10.2 Å². The zero-order valence-electron chi connectivity index (χ0n) is 14.1. The van der Waals surface area contributed by atoms with Crippen molar-refractivity contribution in [1.29, 1.82) is 0 Å². The Bertz CT molecular complexity index is 361. The normalized spacial score (nSPS) is 35.4. The van der Waals surface area contributed by atoms with Crippen molar-refractivity contribution < 1.29 is 4.79 Å². The summed E-state index contributed by atoms with van der Waals surface area (Å²) in [5.74, 6) is 3.30. The van der Waals surface area contributed by atoms with Gasteiger partial charge in [0, 0.05) is 19.0 Å². The third-order valence-electron chi connectivity index (χ3n) is 6.21. The maximum absolute atomic E-state index is 12.9. The van der Waals surface area contributed by atoms with E-state index in [4.69, 9.17) is 0 Å². The summed E-state index contributed by atoms with van der Waals surface area (Å²) in [6.45, 7) is 3.05. The fraction of sp³-hybridized carbons (Fsp3) is 0.944. The maximum Gasteiger partial charge on any atom is 0.225 e. The molecule has 1 heterocycles. The Hall–Kier alpha value is -0.280. The molecule has 3 rings (SSSR count). The number of rotatable bonds is 3. The Kier molecular flexibility index (Phi) is 7.01. The average molecular weight is 329 g/mol. The summed E-state index contributed by atoms with van der Waals surface area (Å²) in [5, 5.41) is 3.28. The molecule has 3 fully saturated rings. The number of carbonyl (C=O) groups excluding carboxylic acids is 1. The first kappa shape index (κ1) is 18.1. The van der Waals surface area contributed by atoms with Gasteiger partial charge in [0.1, 0.15) is 0 Å². The second-order valence-corrected chi connectivity index (χ2v) is 7.66. The lowest BCUT2D eigenvalue weighted by atomic mass is 9.67. The Labute approximate surface area is 142 Å². The lowest BCUT2D eigenvalue weighted by Gasteiger charge is -2.41. The molecule has 4 atom stereocenters. The van der Waals surface area contributed by atoms with Crippen LogP contribution in [0.2, 0.25) is 0 Å². The van der Waals surface area contributed by atoms with Crippen LogP contribution in [0.25, 0.3) is 0 Å². The first-order valence-electron chi connectivity index (χ1n) is 9.21. The number of halogens is 1. The molecule has 1 N–H and O–H groups in total. The van der Waals surface area contributed by atoms with E-state index in [-0.39, 0.29) is 12.4 Å². The highest BCUT2D eigenvalue weighted by atomic mass is 35.5. The number of fused-ring (bicyclic) bond motifs is 1. The van der Waals surface area contributed by atoms with Crippen LogP contribution in [0.15, 0.2) is 0 Å². The first-order valence-corrected chi connectivity index (χ1v) is 9.21. The molecule has 3 nitrogen and oxygen atoms in total. The molecule has 0 aromatic heterocycles. The Balaban J connectivity index is 0.00000176. The van der Waals surface area contributed by atoms with Gasteiger partial charge in [-0.25, -0.2) is 0 Å². The zero-order valence-corrected chi connectivity index (χ0v) is 14.9. The van der Waals surface area contributed by atoms with E-state index in [1.807, 2.05) is 7.05 Å². The molecule has 0 spiro atoms. The third kappa shape index (κ3) is 4.17. The number of carbonyl (C=O) groups is 1. The van der Waals surface area contributed by atoms with E-state index in [0.29, 0.717) is 17.7 Å². The molecule has 3 aliphatic rings. The molecule has 22 heavy (non-hydrogen) atoms. The van der Waals surface area contributed by atoms with Gasteiger partial charge in [-0.3, -0.25) is 4.79 Å². The molecular weight excluding hydrogens is 296 g/mol. The van der Waals surface area contributed by atoms with E-state index in [0.717, 1.165) is 37.9 Å². The summed E-state index contributed by atoms with van der Waals surface area (Å²) in [5.41, 5.74) is 0. The van der Waals surface area contributed by atoms with Crippen molar-refractivity contribution >= 4 is 18.3 Å². The molecule has 2 saturated carbocycles. The van der Waals surface area contributed by atoms with Crippen LogP contribution < -0.4 is 5.32 Å². The number of hydrogen-bond acceptors (Lipinski definition) is 2. The molecule has 128 valence electrons. The monoisotopic (exact) mass is 328 g/mol. The van der Waals surface area contributed by atoms with Crippen molar-refractivity contribution in [1.82, 2.24) is 10.2 Å². The molecule has 0 radical (unpaired) electrons. The topological polar surface area (TPSA) is 32.3 Å². The molecule has 0 aromatic carbocycles. The number of piperidine rings is 1. The number of nitrogens with zero attached hydrogens (tertiary/aromatic N) is 1. The average Bonchev–Trinajstić information content (AvgIpc) is 2.54. The summed E-state index contributed by atoms with van der Waals surface area (Å²) >= 11 is 0.